The van der Waals surface area contributed by atoms with Gasteiger partial charge in [0.05, 0.1) is 25.6 Å². The zero-order chi connectivity index (χ0) is 11.0. The van der Waals surface area contributed by atoms with Crippen LogP contribution in [0.1, 0.15) is 6.42 Å². The molecule has 0 aromatic heterocycles. The molecule has 0 spiro atoms. The van der Waals surface area contributed by atoms with Gasteiger partial charge in [0.15, 0.2) is 0 Å². The van der Waals surface area contributed by atoms with Crippen LogP contribution >= 0.6 is 11.8 Å². The fourth-order valence-electron chi connectivity index (χ4n) is 0.693. The van der Waals surface area contributed by atoms with E-state index in [0.717, 1.165) is 7.11 Å². The zero-order valence-electron chi connectivity index (χ0n) is 8.05. The Balaban J connectivity index is 3.39. The van der Waals surface area contributed by atoms with Gasteiger partial charge >= 0.3 is 0 Å². The van der Waals surface area contributed by atoms with Gasteiger partial charge in [0.25, 0.3) is 10.1 Å². The van der Waals surface area contributed by atoms with E-state index in [4.69, 9.17) is 10.2 Å². The van der Waals surface area contributed by atoms with E-state index in [1.165, 1.54) is 11.8 Å². The SMILES string of the molecule is COS(=O)(=O)CCCSCC(O)CO. The molecule has 14 heavy (non-hydrogen) atoms. The molecule has 0 rings (SSSR count). The van der Waals surface area contributed by atoms with Crippen molar-refractivity contribution in [3.63, 3.8) is 0 Å². The van der Waals surface area contributed by atoms with Crippen LogP contribution in [0.25, 0.3) is 0 Å². The van der Waals surface area contributed by atoms with Gasteiger partial charge in [0.1, 0.15) is 0 Å². The van der Waals surface area contributed by atoms with Crippen LogP contribution in [0.2, 0.25) is 0 Å². The highest BCUT2D eigenvalue weighted by Crippen LogP contribution is 2.06. The summed E-state index contributed by atoms with van der Waals surface area (Å²) in [6.45, 7) is -0.261. The monoisotopic (exact) mass is 244 g/mol. The first kappa shape index (κ1) is 14.2. The van der Waals surface area contributed by atoms with Crippen molar-refractivity contribution in [1.29, 1.82) is 0 Å². The molecule has 0 amide bonds. The van der Waals surface area contributed by atoms with E-state index in [0.29, 0.717) is 17.9 Å². The van der Waals surface area contributed by atoms with Crippen LogP contribution in [0, 0.1) is 0 Å². The quantitative estimate of drug-likeness (QED) is 0.440. The van der Waals surface area contributed by atoms with Crippen molar-refractivity contribution in [3.8, 4) is 0 Å². The molecule has 1 atom stereocenters. The molecule has 0 aliphatic rings. The van der Waals surface area contributed by atoms with Crippen molar-refractivity contribution in [2.75, 3.05) is 31.0 Å². The largest absolute Gasteiger partial charge is 0.394 e. The average molecular weight is 244 g/mol. The molecule has 7 heteroatoms. The Morgan fingerprint density at radius 1 is 1.50 bits per heavy atom. The molecule has 0 saturated heterocycles. The van der Waals surface area contributed by atoms with Crippen LogP contribution in [-0.4, -0.2) is 55.7 Å². The molecule has 0 aromatic rings. The summed E-state index contributed by atoms with van der Waals surface area (Å²) < 4.78 is 25.9. The third-order valence-electron chi connectivity index (χ3n) is 1.46. The average Bonchev–Trinajstić information content (AvgIpc) is 2.17. The lowest BCUT2D eigenvalue weighted by molar-refractivity contribution is 0.113. The maximum Gasteiger partial charge on any atom is 0.267 e. The minimum absolute atomic E-state index is 0.00821. The lowest BCUT2D eigenvalue weighted by atomic mass is 10.4. The van der Waals surface area contributed by atoms with Gasteiger partial charge in [-0.1, -0.05) is 0 Å². The highest BCUT2D eigenvalue weighted by atomic mass is 32.2. The Morgan fingerprint density at radius 3 is 2.64 bits per heavy atom. The maximum atomic E-state index is 10.8. The lowest BCUT2D eigenvalue weighted by Crippen LogP contribution is -2.15. The predicted molar refractivity (Wildman–Crippen MR) is 55.8 cm³/mol. The summed E-state index contributed by atoms with van der Waals surface area (Å²) in [4.78, 5) is 0. The molecule has 5 nitrogen and oxygen atoms in total. The zero-order valence-corrected chi connectivity index (χ0v) is 9.68. The van der Waals surface area contributed by atoms with Gasteiger partial charge in [-0.3, -0.25) is 4.18 Å². The van der Waals surface area contributed by atoms with Crippen LogP contribution in [-0.2, 0) is 14.3 Å². The Bertz CT molecular complexity index is 226. The summed E-state index contributed by atoms with van der Waals surface area (Å²) in [5.74, 6) is 1.04. The molecule has 0 aliphatic carbocycles. The second-order valence-corrected chi connectivity index (χ2v) is 5.70. The van der Waals surface area contributed by atoms with E-state index in [2.05, 4.69) is 4.18 Å². The molecule has 0 saturated carbocycles. The molecule has 0 aromatic carbocycles. The van der Waals surface area contributed by atoms with E-state index in [-0.39, 0.29) is 12.4 Å². The van der Waals surface area contributed by atoms with Gasteiger partial charge in [0, 0.05) is 5.75 Å². The topological polar surface area (TPSA) is 83.8 Å². The maximum absolute atomic E-state index is 10.8. The first-order valence-corrected chi connectivity index (χ1v) is 6.90. The molecule has 0 bridgehead atoms. The molecule has 1 unspecified atom stereocenters. The first-order chi connectivity index (χ1) is 6.52. The lowest BCUT2D eigenvalue weighted by Gasteiger charge is -2.05. The van der Waals surface area contributed by atoms with Gasteiger partial charge in [-0.15, -0.1) is 0 Å². The van der Waals surface area contributed by atoms with Crippen molar-refractivity contribution < 1.29 is 22.8 Å². The number of thioether (sulfide) groups is 1. The summed E-state index contributed by atoms with van der Waals surface area (Å²) in [5, 5.41) is 17.4. The number of aliphatic hydroxyl groups excluding tert-OH is 2. The van der Waals surface area contributed by atoms with Crippen molar-refractivity contribution in [3.05, 3.63) is 0 Å². The van der Waals surface area contributed by atoms with Crippen LogP contribution in [0.15, 0.2) is 0 Å². The predicted octanol–water partition coefficient (Wildman–Crippen LogP) is -0.561. The minimum Gasteiger partial charge on any atom is -0.394 e. The highest BCUT2D eigenvalue weighted by molar-refractivity contribution is 7.99. The van der Waals surface area contributed by atoms with Crippen molar-refractivity contribution in [2.45, 2.75) is 12.5 Å². The van der Waals surface area contributed by atoms with Gasteiger partial charge < -0.3 is 10.2 Å². The molecule has 0 aliphatic heterocycles. The molecule has 2 N–H and O–H groups in total. The molecular formula is C7H16O5S2. The van der Waals surface area contributed by atoms with Crippen molar-refractivity contribution in [1.82, 2.24) is 0 Å². The molecule has 0 fully saturated rings. The second kappa shape index (κ2) is 7.47. The smallest absolute Gasteiger partial charge is 0.267 e. The standard InChI is InChI=1S/C7H16O5S2/c1-12-14(10,11)4-2-3-13-6-7(9)5-8/h7-9H,2-6H2,1H3. The van der Waals surface area contributed by atoms with E-state index in [1.54, 1.807) is 0 Å². The van der Waals surface area contributed by atoms with Crippen molar-refractivity contribution >= 4 is 21.9 Å². The van der Waals surface area contributed by atoms with Crippen LogP contribution < -0.4 is 0 Å². The molecule has 0 heterocycles. The normalized spacial score (nSPS) is 14.2. The first-order valence-electron chi connectivity index (χ1n) is 4.17. The summed E-state index contributed by atoms with van der Waals surface area (Å²) in [7, 11) is -2.21. The Morgan fingerprint density at radius 2 is 2.14 bits per heavy atom. The molecular weight excluding hydrogens is 228 g/mol. The third kappa shape index (κ3) is 7.57. The van der Waals surface area contributed by atoms with Crippen LogP contribution in [0.5, 0.6) is 0 Å². The molecule has 0 radical (unpaired) electrons. The van der Waals surface area contributed by atoms with E-state index in [9.17, 15) is 8.42 Å². The Kier molecular flexibility index (Phi) is 7.56. The minimum atomic E-state index is -3.35. The number of hydrogen-bond donors (Lipinski definition) is 2. The van der Waals surface area contributed by atoms with Crippen LogP contribution in [0.3, 0.4) is 0 Å². The number of aliphatic hydroxyl groups is 2. The Labute approximate surface area is 88.6 Å². The molecule has 86 valence electrons. The highest BCUT2D eigenvalue weighted by Gasteiger charge is 2.08. The van der Waals surface area contributed by atoms with E-state index < -0.39 is 16.2 Å². The van der Waals surface area contributed by atoms with Gasteiger partial charge in [-0.05, 0) is 12.2 Å². The summed E-state index contributed by atoms with van der Waals surface area (Å²) >= 11 is 1.41. The Hall–Kier alpha value is 0.180. The summed E-state index contributed by atoms with van der Waals surface area (Å²) in [6.07, 6.45) is -0.238. The van der Waals surface area contributed by atoms with Crippen molar-refractivity contribution in [2.24, 2.45) is 0 Å². The third-order valence-corrected chi connectivity index (χ3v) is 3.95. The fourth-order valence-corrected chi connectivity index (χ4v) is 2.43. The van der Waals surface area contributed by atoms with Crippen LogP contribution in [0.4, 0.5) is 0 Å². The summed E-state index contributed by atoms with van der Waals surface area (Å²) in [5.41, 5.74) is 0. The van der Waals surface area contributed by atoms with E-state index >= 15 is 0 Å². The second-order valence-electron chi connectivity index (χ2n) is 2.69. The van der Waals surface area contributed by atoms with E-state index in [1.807, 2.05) is 0 Å². The fraction of sp³-hybridized carbons (Fsp3) is 1.00. The van der Waals surface area contributed by atoms with Gasteiger partial charge in [0.2, 0.25) is 0 Å². The van der Waals surface area contributed by atoms with Gasteiger partial charge in [-0.25, -0.2) is 0 Å². The number of rotatable bonds is 8. The summed E-state index contributed by atoms with van der Waals surface area (Å²) in [6, 6.07) is 0. The van der Waals surface area contributed by atoms with Gasteiger partial charge in [-0.2, -0.15) is 20.2 Å². The number of hydrogen-bond acceptors (Lipinski definition) is 6.